The number of alkyl halides is 3. The van der Waals surface area contributed by atoms with Gasteiger partial charge in [0.2, 0.25) is 5.75 Å². The molecule has 11 heteroatoms. The van der Waals surface area contributed by atoms with Crippen LogP contribution in [0.5, 0.6) is 11.5 Å². The third kappa shape index (κ3) is 4.01. The van der Waals surface area contributed by atoms with Crippen LogP contribution in [0.2, 0.25) is 0 Å². The zero-order valence-electron chi connectivity index (χ0n) is 15.7. The fraction of sp³-hybridized carbons (Fsp3) is 0.158. The predicted octanol–water partition coefficient (Wildman–Crippen LogP) is 3.35. The van der Waals surface area contributed by atoms with Crippen LogP contribution in [0, 0.1) is 0 Å². The normalized spacial score (nSPS) is 11.9. The Morgan fingerprint density at radius 2 is 1.60 bits per heavy atom. The summed E-state index contributed by atoms with van der Waals surface area (Å²) in [5.41, 5.74) is -5.08. The monoisotopic (exact) mass is 440 g/mol. The summed E-state index contributed by atoms with van der Waals surface area (Å²) >= 11 is 0. The smallest absolute Gasteiger partial charge is 0.497 e. The molecule has 0 saturated heterocycles. The van der Waals surface area contributed by atoms with Gasteiger partial charge < -0.3 is 13.5 Å². The summed E-state index contributed by atoms with van der Waals surface area (Å²) in [5.74, 6) is -0.441. The molecule has 0 bridgehead atoms. The summed E-state index contributed by atoms with van der Waals surface area (Å²) in [7, 11) is -3.25. The lowest BCUT2D eigenvalue weighted by Crippen LogP contribution is -2.31. The van der Waals surface area contributed by atoms with Gasteiger partial charge in [-0.2, -0.15) is 21.6 Å². The van der Waals surface area contributed by atoms with E-state index in [1.807, 2.05) is 0 Å². The van der Waals surface area contributed by atoms with Crippen LogP contribution in [0.15, 0.2) is 59.7 Å². The van der Waals surface area contributed by atoms with Crippen LogP contribution in [-0.4, -0.2) is 30.6 Å². The van der Waals surface area contributed by atoms with Crippen molar-refractivity contribution in [2.75, 3.05) is 7.11 Å². The van der Waals surface area contributed by atoms with E-state index in [2.05, 4.69) is 9.17 Å². The Labute approximate surface area is 169 Å². The highest BCUT2D eigenvalue weighted by Crippen LogP contribution is 2.35. The minimum Gasteiger partial charge on any atom is -0.497 e. The molecule has 0 N–H and O–H groups in total. The van der Waals surface area contributed by atoms with Gasteiger partial charge in [0.05, 0.1) is 12.8 Å². The SMILES string of the molecule is COc1ccc(-c2cc(OS(=O)(=O)C(F)(F)F)c(=O)n(C)c2-c2ccncc2)cc1. The van der Waals surface area contributed by atoms with Crippen molar-refractivity contribution >= 4 is 10.1 Å². The van der Waals surface area contributed by atoms with Crippen LogP contribution in [-0.2, 0) is 17.2 Å². The first-order valence-electron chi connectivity index (χ1n) is 8.35. The zero-order valence-corrected chi connectivity index (χ0v) is 16.5. The van der Waals surface area contributed by atoms with Gasteiger partial charge in [-0.05, 0) is 35.9 Å². The van der Waals surface area contributed by atoms with E-state index in [9.17, 15) is 26.4 Å². The molecule has 3 aromatic rings. The largest absolute Gasteiger partial charge is 0.534 e. The Balaban J connectivity index is 2.28. The Bertz CT molecular complexity index is 1220. The van der Waals surface area contributed by atoms with Crippen LogP contribution in [0.4, 0.5) is 13.2 Å². The number of benzene rings is 1. The van der Waals surface area contributed by atoms with E-state index in [1.165, 1.54) is 26.6 Å². The van der Waals surface area contributed by atoms with E-state index in [1.54, 1.807) is 36.4 Å². The third-order valence-electron chi connectivity index (χ3n) is 4.22. The molecule has 0 aliphatic rings. The molecule has 1 aromatic carbocycles. The molecule has 0 unspecified atom stereocenters. The van der Waals surface area contributed by atoms with Gasteiger partial charge in [0.1, 0.15) is 5.75 Å². The number of rotatable bonds is 5. The lowest BCUT2D eigenvalue weighted by Gasteiger charge is -2.17. The molecular weight excluding hydrogens is 425 g/mol. The Kier molecular flexibility index (Phi) is 5.57. The van der Waals surface area contributed by atoms with Crippen molar-refractivity contribution in [2.45, 2.75) is 5.51 Å². The van der Waals surface area contributed by atoms with E-state index in [-0.39, 0.29) is 5.56 Å². The van der Waals surface area contributed by atoms with Crippen LogP contribution < -0.4 is 14.5 Å². The van der Waals surface area contributed by atoms with Gasteiger partial charge in [-0.15, -0.1) is 0 Å². The van der Waals surface area contributed by atoms with Crippen molar-refractivity contribution < 1.29 is 30.5 Å². The van der Waals surface area contributed by atoms with Gasteiger partial charge in [-0.3, -0.25) is 9.78 Å². The number of pyridine rings is 2. The van der Waals surface area contributed by atoms with Crippen LogP contribution in [0.25, 0.3) is 22.4 Å². The van der Waals surface area contributed by atoms with E-state index in [0.717, 1.165) is 10.6 Å². The topological polar surface area (TPSA) is 87.5 Å². The number of halogens is 3. The summed E-state index contributed by atoms with van der Waals surface area (Å²) in [6.07, 6.45) is 2.96. The summed E-state index contributed by atoms with van der Waals surface area (Å²) in [4.78, 5) is 16.5. The minimum absolute atomic E-state index is 0.276. The fourth-order valence-corrected chi connectivity index (χ4v) is 3.23. The first kappa shape index (κ1) is 21.4. The molecular formula is C19H15F3N2O5S. The Morgan fingerprint density at radius 3 is 2.13 bits per heavy atom. The average Bonchev–Trinajstić information content (AvgIpc) is 2.71. The van der Waals surface area contributed by atoms with Crippen LogP contribution in [0.1, 0.15) is 0 Å². The van der Waals surface area contributed by atoms with Gasteiger partial charge in [0.25, 0.3) is 5.56 Å². The van der Waals surface area contributed by atoms with Crippen molar-refractivity contribution in [3.63, 3.8) is 0 Å². The second kappa shape index (κ2) is 7.82. The number of hydrogen-bond donors (Lipinski definition) is 0. The van der Waals surface area contributed by atoms with Gasteiger partial charge in [0, 0.05) is 30.6 Å². The molecule has 30 heavy (non-hydrogen) atoms. The highest BCUT2D eigenvalue weighted by Gasteiger charge is 2.49. The minimum atomic E-state index is -6.02. The summed E-state index contributed by atoms with van der Waals surface area (Å²) in [5, 5.41) is 0. The maximum absolute atomic E-state index is 12.8. The zero-order chi connectivity index (χ0) is 22.1. The molecule has 2 heterocycles. The maximum atomic E-state index is 12.8. The Morgan fingerprint density at radius 1 is 1.00 bits per heavy atom. The van der Waals surface area contributed by atoms with Crippen molar-refractivity contribution in [3.8, 4) is 33.9 Å². The molecule has 0 aliphatic carbocycles. The molecule has 0 radical (unpaired) electrons. The van der Waals surface area contributed by atoms with Gasteiger partial charge in [-0.1, -0.05) is 12.1 Å². The van der Waals surface area contributed by atoms with Gasteiger partial charge >= 0.3 is 15.6 Å². The van der Waals surface area contributed by atoms with E-state index in [4.69, 9.17) is 4.74 Å². The number of ether oxygens (including phenoxy) is 1. The molecule has 0 aliphatic heterocycles. The summed E-state index contributed by atoms with van der Waals surface area (Å²) in [6.45, 7) is 0. The molecule has 0 saturated carbocycles. The molecule has 0 fully saturated rings. The molecule has 7 nitrogen and oxygen atoms in total. The third-order valence-corrected chi connectivity index (χ3v) is 5.19. The van der Waals surface area contributed by atoms with Crippen molar-refractivity contribution in [1.29, 1.82) is 0 Å². The Hall–Kier alpha value is -3.34. The van der Waals surface area contributed by atoms with Crippen LogP contribution >= 0.6 is 0 Å². The van der Waals surface area contributed by atoms with Gasteiger partial charge in [-0.25, -0.2) is 0 Å². The summed E-state index contributed by atoms with van der Waals surface area (Å²) in [6, 6.07) is 10.6. The second-order valence-electron chi connectivity index (χ2n) is 6.08. The lowest BCUT2D eigenvalue weighted by atomic mass is 9.99. The molecule has 158 valence electrons. The standard InChI is InChI=1S/C19H15F3N2O5S/c1-24-17(13-7-9-23-10-8-13)15(12-3-5-14(28-2)6-4-12)11-16(18(24)25)29-30(26,27)19(20,21)22/h3-11H,1-2H3. The second-order valence-corrected chi connectivity index (χ2v) is 7.62. The number of nitrogens with zero attached hydrogens (tertiary/aromatic N) is 2. The lowest BCUT2D eigenvalue weighted by molar-refractivity contribution is -0.0500. The quantitative estimate of drug-likeness (QED) is 0.447. The molecule has 0 spiro atoms. The molecule has 2 aromatic heterocycles. The van der Waals surface area contributed by atoms with Crippen LogP contribution in [0.3, 0.4) is 0 Å². The van der Waals surface area contributed by atoms with Crippen molar-refractivity contribution in [3.05, 3.63) is 65.2 Å². The van der Waals surface area contributed by atoms with Crippen molar-refractivity contribution in [2.24, 2.45) is 7.05 Å². The van der Waals surface area contributed by atoms with E-state index < -0.39 is 26.9 Å². The predicted molar refractivity (Wildman–Crippen MR) is 103 cm³/mol. The highest BCUT2D eigenvalue weighted by molar-refractivity contribution is 7.88. The first-order valence-corrected chi connectivity index (χ1v) is 9.75. The molecule has 0 amide bonds. The van der Waals surface area contributed by atoms with E-state index in [0.29, 0.717) is 22.6 Å². The van der Waals surface area contributed by atoms with Gasteiger partial charge in [0.15, 0.2) is 0 Å². The number of hydrogen-bond acceptors (Lipinski definition) is 6. The fourth-order valence-electron chi connectivity index (χ4n) is 2.78. The maximum Gasteiger partial charge on any atom is 0.534 e. The highest BCUT2D eigenvalue weighted by atomic mass is 32.2. The van der Waals surface area contributed by atoms with Crippen molar-refractivity contribution in [1.82, 2.24) is 9.55 Å². The molecule has 3 rings (SSSR count). The van der Waals surface area contributed by atoms with E-state index >= 15 is 0 Å². The summed E-state index contributed by atoms with van der Waals surface area (Å²) < 4.78 is 71.5. The first-order chi connectivity index (χ1) is 14.0. The number of aromatic nitrogens is 2. The average molecular weight is 440 g/mol. The molecule has 0 atom stereocenters. The number of methoxy groups -OCH3 is 1.